The number of hydrogen-bond donors (Lipinski definition) is 4. The number of carboxylic acid groups (broad SMARTS) is 1. The number of carbonyl (C=O) groups is 3. The molecule has 0 saturated heterocycles. The van der Waals surface area contributed by atoms with E-state index < -0.39 is 18.4 Å². The van der Waals surface area contributed by atoms with Crippen LogP contribution in [-0.4, -0.2) is 95.9 Å². The van der Waals surface area contributed by atoms with Crippen LogP contribution in [0.15, 0.2) is 0 Å². The van der Waals surface area contributed by atoms with E-state index in [1.54, 1.807) is 11.9 Å². The van der Waals surface area contributed by atoms with E-state index in [2.05, 4.69) is 26.1 Å². The number of carbonyl (C=O) groups excluding carboxylic acids is 2. The maximum atomic E-state index is 12.0. The van der Waals surface area contributed by atoms with Gasteiger partial charge in [-0.1, -0.05) is 20.8 Å². The number of hydrogen-bond acceptors (Lipinski definition) is 6. The molecule has 0 aliphatic carbocycles. The van der Waals surface area contributed by atoms with Gasteiger partial charge in [-0.05, 0) is 13.0 Å². The SMILES string of the molecule is CC(C)C.CN(CCO)CC(=O)N(CCO)CCC(=O)NCC(=O)O. The molecule has 0 fully saturated rings. The van der Waals surface area contributed by atoms with Crippen LogP contribution in [0.1, 0.15) is 27.2 Å². The summed E-state index contributed by atoms with van der Waals surface area (Å²) in [6.07, 6.45) is -0.0390. The molecule has 9 heteroatoms. The average molecular weight is 363 g/mol. The number of aliphatic hydroxyl groups is 2. The first-order chi connectivity index (χ1) is 11.6. The molecular formula is C16H33N3O6. The molecule has 148 valence electrons. The average Bonchev–Trinajstić information content (AvgIpc) is 2.48. The van der Waals surface area contributed by atoms with Gasteiger partial charge >= 0.3 is 5.97 Å². The van der Waals surface area contributed by atoms with Gasteiger partial charge in [-0.15, -0.1) is 0 Å². The van der Waals surface area contributed by atoms with Crippen LogP contribution in [0.5, 0.6) is 0 Å². The van der Waals surface area contributed by atoms with Crippen LogP contribution in [0.2, 0.25) is 0 Å². The largest absolute Gasteiger partial charge is 0.480 e. The van der Waals surface area contributed by atoms with E-state index in [9.17, 15) is 14.4 Å². The van der Waals surface area contributed by atoms with Gasteiger partial charge in [-0.25, -0.2) is 0 Å². The lowest BCUT2D eigenvalue weighted by atomic mass is 10.3. The zero-order chi connectivity index (χ0) is 19.8. The van der Waals surface area contributed by atoms with Crippen molar-refractivity contribution < 1.29 is 29.7 Å². The monoisotopic (exact) mass is 363 g/mol. The summed E-state index contributed by atoms with van der Waals surface area (Å²) in [5.41, 5.74) is 0. The van der Waals surface area contributed by atoms with Crippen molar-refractivity contribution in [3.05, 3.63) is 0 Å². The number of nitrogens with zero attached hydrogens (tertiary/aromatic N) is 2. The van der Waals surface area contributed by atoms with E-state index in [1.165, 1.54) is 4.90 Å². The second kappa shape index (κ2) is 15.8. The highest BCUT2D eigenvalue weighted by molar-refractivity contribution is 5.82. The molecule has 0 atom stereocenters. The number of rotatable bonds is 11. The van der Waals surface area contributed by atoms with E-state index >= 15 is 0 Å². The van der Waals surface area contributed by atoms with Crippen molar-refractivity contribution in [2.75, 3.05) is 53.0 Å². The first-order valence-corrected chi connectivity index (χ1v) is 8.30. The third kappa shape index (κ3) is 18.5. The molecule has 0 rings (SSSR count). The van der Waals surface area contributed by atoms with Crippen LogP contribution in [0.4, 0.5) is 0 Å². The van der Waals surface area contributed by atoms with Gasteiger partial charge in [0.2, 0.25) is 11.8 Å². The Kier molecular flexibility index (Phi) is 16.1. The second-order valence-corrected chi connectivity index (χ2v) is 6.22. The molecule has 0 bridgehead atoms. The van der Waals surface area contributed by atoms with Crippen molar-refractivity contribution in [2.45, 2.75) is 27.2 Å². The van der Waals surface area contributed by atoms with Crippen LogP contribution in [0.25, 0.3) is 0 Å². The number of likely N-dealkylation sites (N-methyl/N-ethyl adjacent to an activating group) is 1. The minimum absolute atomic E-state index is 0.0390. The lowest BCUT2D eigenvalue weighted by molar-refractivity contribution is -0.138. The Hall–Kier alpha value is -1.71. The van der Waals surface area contributed by atoms with Gasteiger partial charge in [0.15, 0.2) is 0 Å². The Morgan fingerprint density at radius 1 is 1.00 bits per heavy atom. The summed E-state index contributed by atoms with van der Waals surface area (Å²) in [4.78, 5) is 36.6. The molecule has 0 radical (unpaired) electrons. The summed E-state index contributed by atoms with van der Waals surface area (Å²) >= 11 is 0. The molecule has 9 nitrogen and oxygen atoms in total. The van der Waals surface area contributed by atoms with Crippen LogP contribution < -0.4 is 5.32 Å². The summed E-state index contributed by atoms with van der Waals surface area (Å²) in [6, 6.07) is 0. The van der Waals surface area contributed by atoms with Crippen molar-refractivity contribution in [3.63, 3.8) is 0 Å². The first kappa shape index (κ1) is 25.5. The third-order valence-corrected chi connectivity index (χ3v) is 2.66. The quantitative estimate of drug-likeness (QED) is 0.370. The molecule has 0 heterocycles. The Morgan fingerprint density at radius 3 is 1.96 bits per heavy atom. The van der Waals surface area contributed by atoms with Gasteiger partial charge in [0.05, 0.1) is 19.8 Å². The van der Waals surface area contributed by atoms with Crippen molar-refractivity contribution in [2.24, 2.45) is 5.92 Å². The van der Waals surface area contributed by atoms with Crippen molar-refractivity contribution in [1.29, 1.82) is 0 Å². The lowest BCUT2D eigenvalue weighted by Crippen LogP contribution is -2.43. The molecule has 0 aromatic heterocycles. The van der Waals surface area contributed by atoms with Crippen LogP contribution in [-0.2, 0) is 14.4 Å². The Balaban J connectivity index is 0. The highest BCUT2D eigenvalue weighted by Gasteiger charge is 2.16. The number of carboxylic acids is 1. The normalized spacial score (nSPS) is 10.2. The molecule has 0 spiro atoms. The van der Waals surface area contributed by atoms with Crippen molar-refractivity contribution in [3.8, 4) is 0 Å². The highest BCUT2D eigenvalue weighted by atomic mass is 16.4. The molecule has 0 saturated carbocycles. The Bertz CT molecular complexity index is 387. The molecule has 25 heavy (non-hydrogen) atoms. The maximum absolute atomic E-state index is 12.0. The summed E-state index contributed by atoms with van der Waals surface area (Å²) < 4.78 is 0. The zero-order valence-corrected chi connectivity index (χ0v) is 15.7. The van der Waals surface area contributed by atoms with Crippen LogP contribution in [0.3, 0.4) is 0 Å². The number of amides is 2. The fraction of sp³-hybridized carbons (Fsp3) is 0.812. The first-order valence-electron chi connectivity index (χ1n) is 8.30. The smallest absolute Gasteiger partial charge is 0.322 e. The number of aliphatic carboxylic acids is 1. The van der Waals surface area contributed by atoms with E-state index in [0.717, 1.165) is 5.92 Å². The standard InChI is InChI=1S/C12H23N3O6.C4H10/c1-14(4-6-16)9-11(19)15(5-7-17)3-2-10(18)13-8-12(20)21;1-4(2)3/h16-17H,2-9H2,1H3,(H,13,18)(H,20,21);4H,1-3H3. The van der Waals surface area contributed by atoms with Crippen molar-refractivity contribution in [1.82, 2.24) is 15.1 Å². The summed E-state index contributed by atoms with van der Waals surface area (Å²) in [5, 5.41) is 28.3. The van der Waals surface area contributed by atoms with E-state index in [-0.39, 0.29) is 45.2 Å². The Morgan fingerprint density at radius 2 is 1.52 bits per heavy atom. The molecule has 0 aliphatic heterocycles. The minimum atomic E-state index is -1.14. The van der Waals surface area contributed by atoms with Gasteiger partial charge in [0.1, 0.15) is 6.54 Å². The predicted octanol–water partition coefficient (Wildman–Crippen LogP) is -1.02. The van der Waals surface area contributed by atoms with Crippen LogP contribution >= 0.6 is 0 Å². The number of aliphatic hydroxyl groups excluding tert-OH is 2. The molecule has 0 aromatic rings. The second-order valence-electron chi connectivity index (χ2n) is 6.22. The Labute approximate surface area is 149 Å². The topological polar surface area (TPSA) is 130 Å². The van der Waals surface area contributed by atoms with Gasteiger partial charge < -0.3 is 25.5 Å². The number of nitrogens with one attached hydrogen (secondary N) is 1. The minimum Gasteiger partial charge on any atom is -0.480 e. The summed E-state index contributed by atoms with van der Waals surface area (Å²) in [7, 11) is 1.67. The molecule has 2 amide bonds. The van der Waals surface area contributed by atoms with E-state index in [4.69, 9.17) is 15.3 Å². The fourth-order valence-corrected chi connectivity index (χ4v) is 1.56. The molecule has 0 aliphatic rings. The van der Waals surface area contributed by atoms with E-state index in [1.807, 2.05) is 0 Å². The summed E-state index contributed by atoms with van der Waals surface area (Å²) in [5.74, 6) is -1.06. The fourth-order valence-electron chi connectivity index (χ4n) is 1.56. The van der Waals surface area contributed by atoms with E-state index in [0.29, 0.717) is 6.54 Å². The van der Waals surface area contributed by atoms with Gasteiger partial charge in [-0.3, -0.25) is 19.3 Å². The van der Waals surface area contributed by atoms with Gasteiger partial charge in [0.25, 0.3) is 0 Å². The summed E-state index contributed by atoms with van der Waals surface area (Å²) in [6.45, 7) is 6.34. The van der Waals surface area contributed by atoms with Crippen molar-refractivity contribution >= 4 is 17.8 Å². The highest BCUT2D eigenvalue weighted by Crippen LogP contribution is 1.96. The zero-order valence-electron chi connectivity index (χ0n) is 15.7. The van der Waals surface area contributed by atoms with Crippen LogP contribution in [0, 0.1) is 5.92 Å². The lowest BCUT2D eigenvalue weighted by Gasteiger charge is -2.24. The maximum Gasteiger partial charge on any atom is 0.322 e. The molecule has 0 unspecified atom stereocenters. The molecule has 4 N–H and O–H groups in total. The van der Waals surface area contributed by atoms with Gasteiger partial charge in [0, 0.05) is 26.1 Å². The van der Waals surface area contributed by atoms with Gasteiger partial charge in [-0.2, -0.15) is 0 Å². The molecular weight excluding hydrogens is 330 g/mol. The molecule has 0 aromatic carbocycles. The predicted molar refractivity (Wildman–Crippen MR) is 94.0 cm³/mol. The third-order valence-electron chi connectivity index (χ3n) is 2.66.